The van der Waals surface area contributed by atoms with Crippen LogP contribution in [0.1, 0.15) is 30.6 Å². The van der Waals surface area contributed by atoms with E-state index in [0.29, 0.717) is 10.0 Å². The molecule has 1 N–H and O–H groups in total. The Kier molecular flexibility index (Phi) is 7.89. The van der Waals surface area contributed by atoms with Crippen LogP contribution in [0.3, 0.4) is 0 Å². The molecule has 0 aliphatic heterocycles. The van der Waals surface area contributed by atoms with Gasteiger partial charge in [-0.1, -0.05) is 26.0 Å². The third kappa shape index (κ3) is 7.44. The molecular formula is C16H22BrNO5S. The summed E-state index contributed by atoms with van der Waals surface area (Å²) in [7, 11) is -3.26. The summed E-state index contributed by atoms with van der Waals surface area (Å²) < 4.78 is 28.4. The van der Waals surface area contributed by atoms with Gasteiger partial charge in [0.05, 0.1) is 17.9 Å². The molecule has 1 rings (SSSR count). The number of sulfone groups is 1. The highest BCUT2D eigenvalue weighted by molar-refractivity contribution is 9.10. The quantitative estimate of drug-likeness (QED) is 0.652. The molecule has 0 aliphatic carbocycles. The van der Waals surface area contributed by atoms with Crippen LogP contribution in [0.15, 0.2) is 28.7 Å². The number of ether oxygens (including phenoxy) is 1. The molecule has 0 spiro atoms. The van der Waals surface area contributed by atoms with Crippen molar-refractivity contribution in [2.45, 2.75) is 26.3 Å². The Balaban J connectivity index is 2.85. The molecule has 0 radical (unpaired) electrons. The predicted molar refractivity (Wildman–Crippen MR) is 95.5 cm³/mol. The van der Waals surface area contributed by atoms with Crippen LogP contribution in [0, 0.1) is 5.92 Å². The molecule has 0 aromatic heterocycles. The monoisotopic (exact) mass is 419 g/mol. The molecule has 1 amide bonds. The number of halogens is 1. The van der Waals surface area contributed by atoms with Crippen molar-refractivity contribution >= 4 is 37.6 Å². The fraction of sp³-hybridized carbons (Fsp3) is 0.500. The maximum Gasteiger partial charge on any atom is 0.328 e. The number of esters is 1. The molecule has 1 atom stereocenters. The number of hydrogen-bond donors (Lipinski definition) is 1. The highest BCUT2D eigenvalue weighted by Gasteiger charge is 2.25. The van der Waals surface area contributed by atoms with Gasteiger partial charge in [0.2, 0.25) is 0 Å². The third-order valence-electron chi connectivity index (χ3n) is 3.04. The van der Waals surface area contributed by atoms with E-state index in [0.717, 1.165) is 6.26 Å². The molecule has 0 saturated heterocycles. The van der Waals surface area contributed by atoms with Crippen molar-refractivity contribution in [3.63, 3.8) is 0 Å². The van der Waals surface area contributed by atoms with Crippen molar-refractivity contribution in [1.82, 2.24) is 5.32 Å². The summed E-state index contributed by atoms with van der Waals surface area (Å²) in [6.45, 7) is 3.98. The second-order valence-corrected chi connectivity index (χ2v) is 9.06. The van der Waals surface area contributed by atoms with Crippen molar-refractivity contribution in [2.75, 3.05) is 18.6 Å². The minimum absolute atomic E-state index is 0.0358. The maximum absolute atomic E-state index is 12.3. The lowest BCUT2D eigenvalue weighted by Gasteiger charge is -2.18. The number of amides is 1. The van der Waals surface area contributed by atoms with E-state index in [1.54, 1.807) is 24.3 Å². The van der Waals surface area contributed by atoms with E-state index in [4.69, 9.17) is 4.74 Å². The molecule has 6 nitrogen and oxygen atoms in total. The summed E-state index contributed by atoms with van der Waals surface area (Å²) in [6, 6.07) is 5.75. The Labute approximate surface area is 151 Å². The van der Waals surface area contributed by atoms with Gasteiger partial charge in [-0.05, 0) is 40.4 Å². The Morgan fingerprint density at radius 1 is 1.25 bits per heavy atom. The topological polar surface area (TPSA) is 89.5 Å². The van der Waals surface area contributed by atoms with Gasteiger partial charge in [-0.3, -0.25) is 4.79 Å². The van der Waals surface area contributed by atoms with Gasteiger partial charge in [-0.2, -0.15) is 0 Å². The van der Waals surface area contributed by atoms with Crippen molar-refractivity contribution < 1.29 is 22.7 Å². The lowest BCUT2D eigenvalue weighted by Crippen LogP contribution is -2.43. The summed E-state index contributed by atoms with van der Waals surface area (Å²) in [5, 5.41) is 2.56. The van der Waals surface area contributed by atoms with Crippen LogP contribution in [0.25, 0.3) is 0 Å². The molecule has 8 heteroatoms. The van der Waals surface area contributed by atoms with Crippen LogP contribution < -0.4 is 5.32 Å². The summed E-state index contributed by atoms with van der Waals surface area (Å²) in [5.41, 5.74) is 0.360. The van der Waals surface area contributed by atoms with E-state index >= 15 is 0 Å². The Morgan fingerprint density at radius 2 is 1.88 bits per heavy atom. The van der Waals surface area contributed by atoms with Gasteiger partial charge < -0.3 is 10.1 Å². The fourth-order valence-electron chi connectivity index (χ4n) is 1.81. The predicted octanol–water partition coefficient (Wildman–Crippen LogP) is 2.18. The second-order valence-electron chi connectivity index (χ2n) is 5.95. The molecule has 134 valence electrons. The number of carbonyl (C=O) groups is 2. The molecule has 0 saturated carbocycles. The smallest absolute Gasteiger partial charge is 0.328 e. The first-order chi connectivity index (χ1) is 11.1. The van der Waals surface area contributed by atoms with Crippen LogP contribution in [-0.4, -0.2) is 45.0 Å². The van der Waals surface area contributed by atoms with Gasteiger partial charge in [-0.25, -0.2) is 13.2 Å². The summed E-state index contributed by atoms with van der Waals surface area (Å²) in [5.74, 6) is -1.18. The molecule has 0 aliphatic rings. The SMILES string of the molecule is CC(C)COC(=O)[C@H](CCS(C)(=O)=O)NC(=O)c1ccccc1Br. The summed E-state index contributed by atoms with van der Waals surface area (Å²) >= 11 is 3.27. The van der Waals surface area contributed by atoms with Crippen LogP contribution in [0.4, 0.5) is 0 Å². The number of hydrogen-bond acceptors (Lipinski definition) is 5. The normalized spacial score (nSPS) is 12.7. The van der Waals surface area contributed by atoms with Crippen LogP contribution in [0.2, 0.25) is 0 Å². The standard InChI is InChI=1S/C16H22BrNO5S/c1-11(2)10-23-16(20)14(8-9-24(3,21)22)18-15(19)12-6-4-5-7-13(12)17/h4-7,11,14H,8-10H2,1-3H3,(H,18,19)/t14-/m0/s1. The lowest BCUT2D eigenvalue weighted by molar-refractivity contribution is -0.147. The van der Waals surface area contributed by atoms with E-state index in [9.17, 15) is 18.0 Å². The molecule has 0 heterocycles. The molecule has 0 bridgehead atoms. The fourth-order valence-corrected chi connectivity index (χ4v) is 2.94. The van der Waals surface area contributed by atoms with E-state index in [2.05, 4.69) is 21.2 Å². The van der Waals surface area contributed by atoms with Gasteiger partial charge in [0.1, 0.15) is 15.9 Å². The molecule has 1 aromatic rings. The highest BCUT2D eigenvalue weighted by Crippen LogP contribution is 2.16. The van der Waals surface area contributed by atoms with Gasteiger partial charge in [0.25, 0.3) is 5.91 Å². The van der Waals surface area contributed by atoms with Crippen molar-refractivity contribution in [1.29, 1.82) is 0 Å². The number of benzene rings is 1. The number of nitrogens with one attached hydrogen (secondary N) is 1. The zero-order valence-corrected chi connectivity index (χ0v) is 16.3. The summed E-state index contributed by atoms with van der Waals surface area (Å²) in [4.78, 5) is 24.5. The van der Waals surface area contributed by atoms with Gasteiger partial charge in [-0.15, -0.1) is 0 Å². The summed E-state index contributed by atoms with van der Waals surface area (Å²) in [6.07, 6.45) is 1.05. The minimum Gasteiger partial charge on any atom is -0.464 e. The van der Waals surface area contributed by atoms with Crippen molar-refractivity contribution in [2.24, 2.45) is 5.92 Å². The van der Waals surface area contributed by atoms with E-state index in [-0.39, 0.29) is 24.7 Å². The second kappa shape index (κ2) is 9.17. The zero-order valence-electron chi connectivity index (χ0n) is 13.9. The third-order valence-corrected chi connectivity index (χ3v) is 4.71. The van der Waals surface area contributed by atoms with Crippen molar-refractivity contribution in [3.05, 3.63) is 34.3 Å². The van der Waals surface area contributed by atoms with Gasteiger partial charge in [0, 0.05) is 10.7 Å². The Hall–Kier alpha value is -1.41. The molecular weight excluding hydrogens is 398 g/mol. The number of carbonyl (C=O) groups excluding carboxylic acids is 2. The van der Waals surface area contributed by atoms with Crippen LogP contribution in [-0.2, 0) is 19.4 Å². The molecule has 0 unspecified atom stereocenters. The molecule has 1 aromatic carbocycles. The first kappa shape index (κ1) is 20.6. The average Bonchev–Trinajstić information content (AvgIpc) is 2.48. The van der Waals surface area contributed by atoms with E-state index in [1.165, 1.54) is 0 Å². The Morgan fingerprint density at radius 3 is 2.42 bits per heavy atom. The van der Waals surface area contributed by atoms with Crippen LogP contribution in [0.5, 0.6) is 0 Å². The van der Waals surface area contributed by atoms with Gasteiger partial charge in [0.15, 0.2) is 0 Å². The van der Waals surface area contributed by atoms with Crippen LogP contribution >= 0.6 is 15.9 Å². The average molecular weight is 420 g/mol. The molecule has 0 fully saturated rings. The highest BCUT2D eigenvalue weighted by atomic mass is 79.9. The van der Waals surface area contributed by atoms with Gasteiger partial charge >= 0.3 is 5.97 Å². The van der Waals surface area contributed by atoms with E-state index < -0.39 is 27.8 Å². The largest absolute Gasteiger partial charge is 0.464 e. The Bertz CT molecular complexity index is 687. The number of rotatable bonds is 8. The first-order valence-corrected chi connectivity index (χ1v) is 10.3. The minimum atomic E-state index is -3.26. The lowest BCUT2D eigenvalue weighted by atomic mass is 10.1. The van der Waals surface area contributed by atoms with Crippen molar-refractivity contribution in [3.8, 4) is 0 Å². The van der Waals surface area contributed by atoms with E-state index in [1.807, 2.05) is 13.8 Å². The molecule has 24 heavy (non-hydrogen) atoms. The maximum atomic E-state index is 12.3. The zero-order chi connectivity index (χ0) is 18.3. The first-order valence-electron chi connectivity index (χ1n) is 7.50.